The van der Waals surface area contributed by atoms with E-state index >= 15 is 0 Å². The van der Waals surface area contributed by atoms with Crippen molar-refractivity contribution < 1.29 is 14.4 Å². The van der Waals surface area contributed by atoms with Crippen LogP contribution < -0.4 is 5.73 Å². The summed E-state index contributed by atoms with van der Waals surface area (Å²) in [6.07, 6.45) is 9.62. The number of hydrogen-bond donors (Lipinski definition) is 1. The Balaban J connectivity index is 1.66. The zero-order chi connectivity index (χ0) is 31.6. The van der Waals surface area contributed by atoms with Gasteiger partial charge in [-0.2, -0.15) is 5.10 Å². The van der Waals surface area contributed by atoms with E-state index < -0.39 is 5.97 Å². The Hall–Kier alpha value is -3.72. The van der Waals surface area contributed by atoms with Crippen LogP contribution in [0.4, 0.5) is 0 Å². The lowest BCUT2D eigenvalue weighted by atomic mass is 10.00. The van der Waals surface area contributed by atoms with E-state index in [4.69, 9.17) is 15.7 Å². The minimum Gasteiger partial charge on any atom is -0.380 e. The number of nitrogens with zero attached hydrogens (tertiary/aromatic N) is 5. The van der Waals surface area contributed by atoms with Crippen molar-refractivity contribution in [2.75, 3.05) is 32.7 Å². The maximum atomic E-state index is 13.9. The van der Waals surface area contributed by atoms with Crippen LogP contribution in [0.3, 0.4) is 0 Å². The molecule has 0 radical (unpaired) electrons. The van der Waals surface area contributed by atoms with E-state index in [1.165, 1.54) is 39.3 Å². The molecule has 0 unspecified atom stereocenters. The first-order valence-corrected chi connectivity index (χ1v) is 16.3. The molecule has 0 saturated carbocycles. The fraction of sp³-hybridized carbons (Fsp3) is 0.543. The summed E-state index contributed by atoms with van der Waals surface area (Å²) in [6, 6.07) is 11.6. The third-order valence-corrected chi connectivity index (χ3v) is 8.30. The van der Waals surface area contributed by atoms with Crippen LogP contribution in [0.25, 0.3) is 16.8 Å². The molecule has 9 heteroatoms. The highest BCUT2D eigenvalue weighted by Crippen LogP contribution is 2.29. The van der Waals surface area contributed by atoms with Crippen molar-refractivity contribution in [2.45, 2.75) is 79.6 Å². The van der Waals surface area contributed by atoms with Gasteiger partial charge >= 0.3 is 5.97 Å². The first-order valence-electron chi connectivity index (χ1n) is 16.3. The second-order valence-electron chi connectivity index (χ2n) is 12.9. The smallest absolute Gasteiger partial charge is 0.332 e. The van der Waals surface area contributed by atoms with Gasteiger partial charge in [0.1, 0.15) is 0 Å². The van der Waals surface area contributed by atoms with Gasteiger partial charge in [-0.15, -0.1) is 0 Å². The van der Waals surface area contributed by atoms with Crippen molar-refractivity contribution in [3.05, 3.63) is 59.3 Å². The highest BCUT2D eigenvalue weighted by atomic mass is 16.7. The van der Waals surface area contributed by atoms with E-state index in [9.17, 15) is 9.59 Å². The maximum Gasteiger partial charge on any atom is 0.332 e. The summed E-state index contributed by atoms with van der Waals surface area (Å²) in [5, 5.41) is 8.70. The van der Waals surface area contributed by atoms with Gasteiger partial charge in [-0.25, -0.2) is 9.31 Å². The fourth-order valence-electron chi connectivity index (χ4n) is 5.66. The number of fused-ring (bicyclic) bond motifs is 1. The van der Waals surface area contributed by atoms with E-state index in [1.807, 2.05) is 52.0 Å². The second-order valence-corrected chi connectivity index (χ2v) is 12.9. The predicted molar refractivity (Wildman–Crippen MR) is 177 cm³/mol. The first-order chi connectivity index (χ1) is 21.1. The van der Waals surface area contributed by atoms with Gasteiger partial charge in [0.15, 0.2) is 5.84 Å². The lowest BCUT2D eigenvalue weighted by molar-refractivity contribution is -0.140. The highest BCUT2D eigenvalue weighted by molar-refractivity contribution is 5.98. The molecule has 0 bridgehead atoms. The van der Waals surface area contributed by atoms with E-state index in [0.29, 0.717) is 23.0 Å². The summed E-state index contributed by atoms with van der Waals surface area (Å²) in [6.45, 7) is 15.0. The number of benzene rings is 1. The Labute approximate surface area is 262 Å². The molecule has 1 saturated heterocycles. The van der Waals surface area contributed by atoms with Crippen molar-refractivity contribution >= 4 is 23.2 Å². The molecule has 4 rings (SSSR count). The van der Waals surface area contributed by atoms with Crippen molar-refractivity contribution in [1.29, 1.82) is 0 Å². The molecule has 1 aliphatic heterocycles. The van der Waals surface area contributed by atoms with Gasteiger partial charge < -0.3 is 20.4 Å². The number of hydrogen-bond acceptors (Lipinski definition) is 6. The standard InChI is InChI=1S/C35H50N6O3/c1-25(2)15-21-40(22-16-26(3)4)35(43)30-17-23-41-32(24-30)31(10-9-20-39-18-7-6-8-19-39)33(37-41)28-11-13-29(14-12-28)34(36)38-44-27(5)42/h11-14,17,23-26H,6-10,15-16,18-22H2,1-5H3,(H2,36,38). The Morgan fingerprint density at radius 1 is 0.977 bits per heavy atom. The van der Waals surface area contributed by atoms with Crippen molar-refractivity contribution in [2.24, 2.45) is 22.7 Å². The van der Waals surface area contributed by atoms with Gasteiger partial charge in [0, 0.05) is 48.5 Å². The SMILES string of the molecule is CC(=O)O/N=C(\N)c1ccc(-c2nn3ccc(C(=O)N(CCC(C)C)CCC(C)C)cc3c2CCCN2CCCCC2)cc1. The number of likely N-dealkylation sites (tertiary alicyclic amines) is 1. The van der Waals surface area contributed by atoms with Gasteiger partial charge in [-0.3, -0.25) is 4.79 Å². The van der Waals surface area contributed by atoms with E-state index in [2.05, 4.69) is 37.8 Å². The zero-order valence-electron chi connectivity index (χ0n) is 27.2. The molecule has 0 aliphatic carbocycles. The molecule has 9 nitrogen and oxygen atoms in total. The van der Waals surface area contributed by atoms with Gasteiger partial charge in [0.2, 0.25) is 0 Å². The van der Waals surface area contributed by atoms with E-state index in [-0.39, 0.29) is 11.7 Å². The zero-order valence-corrected chi connectivity index (χ0v) is 27.2. The molecular weight excluding hydrogens is 552 g/mol. The number of nitrogens with two attached hydrogens (primary N) is 1. The normalized spacial score (nSPS) is 14.5. The first kappa shape index (κ1) is 33.2. The maximum absolute atomic E-state index is 13.9. The molecule has 1 aromatic carbocycles. The van der Waals surface area contributed by atoms with Crippen LogP contribution in [0.2, 0.25) is 0 Å². The molecule has 44 heavy (non-hydrogen) atoms. The van der Waals surface area contributed by atoms with Gasteiger partial charge in [-0.05, 0) is 82.1 Å². The second kappa shape index (κ2) is 15.8. The Morgan fingerprint density at radius 3 is 2.25 bits per heavy atom. The van der Waals surface area contributed by atoms with Gasteiger partial charge in [-0.1, -0.05) is 63.5 Å². The number of rotatable bonds is 14. The highest BCUT2D eigenvalue weighted by Gasteiger charge is 2.21. The predicted octanol–water partition coefficient (Wildman–Crippen LogP) is 6.14. The number of aryl methyl sites for hydroxylation is 1. The number of piperidine rings is 1. The summed E-state index contributed by atoms with van der Waals surface area (Å²) >= 11 is 0. The van der Waals surface area contributed by atoms with Gasteiger partial charge in [0.25, 0.3) is 5.91 Å². The third kappa shape index (κ3) is 9.14. The van der Waals surface area contributed by atoms with Crippen LogP contribution in [0.1, 0.15) is 94.6 Å². The number of carbonyl (C=O) groups excluding carboxylic acids is 2. The quantitative estimate of drug-likeness (QED) is 0.103. The fourth-order valence-corrected chi connectivity index (χ4v) is 5.66. The Kier molecular flexibility index (Phi) is 11.9. The molecule has 0 spiro atoms. The third-order valence-electron chi connectivity index (χ3n) is 8.30. The minimum absolute atomic E-state index is 0.0858. The van der Waals surface area contributed by atoms with Crippen LogP contribution in [-0.4, -0.2) is 69.8 Å². The van der Waals surface area contributed by atoms with Crippen LogP contribution in [-0.2, 0) is 16.1 Å². The summed E-state index contributed by atoms with van der Waals surface area (Å²) in [5.41, 5.74) is 11.3. The van der Waals surface area contributed by atoms with E-state index in [1.54, 1.807) is 0 Å². The van der Waals surface area contributed by atoms with Crippen molar-refractivity contribution in [3.63, 3.8) is 0 Å². The van der Waals surface area contributed by atoms with Crippen LogP contribution in [0.5, 0.6) is 0 Å². The molecule has 3 aromatic rings. The van der Waals surface area contributed by atoms with Crippen molar-refractivity contribution in [1.82, 2.24) is 19.4 Å². The molecular formula is C35H50N6O3. The minimum atomic E-state index is -0.524. The molecule has 3 heterocycles. The van der Waals surface area contributed by atoms with Crippen LogP contribution in [0.15, 0.2) is 47.8 Å². The molecule has 2 N–H and O–H groups in total. The van der Waals surface area contributed by atoms with Gasteiger partial charge in [0.05, 0.1) is 11.2 Å². The molecule has 1 fully saturated rings. The lowest BCUT2D eigenvalue weighted by Crippen LogP contribution is -2.34. The summed E-state index contributed by atoms with van der Waals surface area (Å²) in [4.78, 5) is 34.3. The molecule has 0 atom stereocenters. The molecule has 2 aromatic heterocycles. The largest absolute Gasteiger partial charge is 0.380 e. The number of amidine groups is 1. The molecule has 1 amide bonds. The molecule has 1 aliphatic rings. The number of pyridine rings is 1. The topological polar surface area (TPSA) is 106 Å². The Morgan fingerprint density at radius 2 is 1.64 bits per heavy atom. The molecule has 238 valence electrons. The lowest BCUT2D eigenvalue weighted by Gasteiger charge is -2.26. The number of aromatic nitrogens is 2. The number of carbonyl (C=O) groups is 2. The number of oxime groups is 1. The van der Waals surface area contributed by atoms with Crippen LogP contribution in [0, 0.1) is 11.8 Å². The summed E-state index contributed by atoms with van der Waals surface area (Å²) in [5.74, 6) is 0.758. The van der Waals surface area contributed by atoms with E-state index in [0.717, 1.165) is 67.7 Å². The van der Waals surface area contributed by atoms with Crippen molar-refractivity contribution in [3.8, 4) is 11.3 Å². The van der Waals surface area contributed by atoms with Crippen LogP contribution >= 0.6 is 0 Å². The average Bonchev–Trinajstić information content (AvgIpc) is 3.37. The monoisotopic (exact) mass is 602 g/mol. The average molecular weight is 603 g/mol. The number of amides is 1. The Bertz CT molecular complexity index is 1410. The summed E-state index contributed by atoms with van der Waals surface area (Å²) < 4.78 is 1.90. The summed E-state index contributed by atoms with van der Waals surface area (Å²) in [7, 11) is 0.